The van der Waals surface area contributed by atoms with Crippen LogP contribution in [0.1, 0.15) is 113 Å². The maximum Gasteiger partial charge on any atom is 0.0651 e. The van der Waals surface area contributed by atoms with Crippen molar-refractivity contribution >= 4 is 11.3 Å². The van der Waals surface area contributed by atoms with E-state index in [0.717, 1.165) is 17.8 Å². The minimum absolute atomic E-state index is 0.0977. The number of hydrogen-bond donors (Lipinski definition) is 2. The van der Waals surface area contributed by atoms with E-state index in [1.54, 1.807) is 0 Å². The molecule has 0 radical (unpaired) electrons. The largest absolute Gasteiger partial charge is 0.401 e. The molecule has 210 valence electrons. The van der Waals surface area contributed by atoms with Crippen molar-refractivity contribution in [2.24, 2.45) is 23.0 Å². The predicted octanol–water partition coefficient (Wildman–Crippen LogP) is 9.74. The number of hydrogen-bond acceptors (Lipinski definition) is 2. The topological polar surface area (TPSA) is 38.0 Å². The molecule has 0 saturated heterocycles. The van der Waals surface area contributed by atoms with E-state index in [1.807, 2.05) is 6.92 Å². The molecular formula is C37H52N2. The van der Waals surface area contributed by atoms with Crippen molar-refractivity contribution in [3.63, 3.8) is 0 Å². The van der Waals surface area contributed by atoms with E-state index in [0.29, 0.717) is 17.3 Å². The minimum Gasteiger partial charge on any atom is -0.401 e. The van der Waals surface area contributed by atoms with E-state index in [1.165, 1.54) is 76.8 Å². The van der Waals surface area contributed by atoms with Crippen molar-refractivity contribution in [3.8, 4) is 0 Å². The normalized spacial score (nSPS) is 20.0. The zero-order valence-electron chi connectivity index (χ0n) is 26.1. The van der Waals surface area contributed by atoms with E-state index >= 15 is 0 Å². The molecule has 2 aromatic rings. The van der Waals surface area contributed by atoms with Gasteiger partial charge in [0.1, 0.15) is 0 Å². The zero-order chi connectivity index (χ0) is 28.5. The summed E-state index contributed by atoms with van der Waals surface area (Å²) < 4.78 is 0. The number of nitrogens with one attached hydrogen (secondary N) is 1. The molecule has 2 aromatic carbocycles. The Kier molecular flexibility index (Phi) is 8.55. The Hall–Kier alpha value is -2.74. The maximum atomic E-state index is 6.58. The monoisotopic (exact) mass is 524 g/mol. The third-order valence-electron chi connectivity index (χ3n) is 10.0. The Morgan fingerprint density at radius 3 is 2.23 bits per heavy atom. The first-order valence-electron chi connectivity index (χ1n) is 15.2. The smallest absolute Gasteiger partial charge is 0.0651 e. The molecule has 1 unspecified atom stereocenters. The highest BCUT2D eigenvalue weighted by Crippen LogP contribution is 2.46. The fourth-order valence-electron chi connectivity index (χ4n) is 6.97. The van der Waals surface area contributed by atoms with Crippen LogP contribution in [0.3, 0.4) is 0 Å². The third-order valence-corrected chi connectivity index (χ3v) is 10.0. The second kappa shape index (κ2) is 11.4. The van der Waals surface area contributed by atoms with Crippen LogP contribution in [0.25, 0.3) is 11.3 Å². The molecule has 0 heterocycles. The molecular weight excluding hydrogens is 472 g/mol. The summed E-state index contributed by atoms with van der Waals surface area (Å²) in [6.07, 6.45) is 12.9. The first-order chi connectivity index (χ1) is 18.3. The van der Waals surface area contributed by atoms with Gasteiger partial charge in [0.15, 0.2) is 0 Å². The van der Waals surface area contributed by atoms with Gasteiger partial charge in [0.05, 0.1) is 5.70 Å². The van der Waals surface area contributed by atoms with Gasteiger partial charge in [0.25, 0.3) is 0 Å². The van der Waals surface area contributed by atoms with E-state index in [9.17, 15) is 0 Å². The highest BCUT2D eigenvalue weighted by atomic mass is 14.9. The molecule has 2 aliphatic rings. The van der Waals surface area contributed by atoms with Gasteiger partial charge in [-0.1, -0.05) is 96.0 Å². The van der Waals surface area contributed by atoms with Gasteiger partial charge in [-0.25, -0.2) is 0 Å². The Bertz CT molecular complexity index is 1270. The molecule has 2 nitrogen and oxygen atoms in total. The van der Waals surface area contributed by atoms with Crippen LogP contribution in [0.2, 0.25) is 0 Å². The Morgan fingerprint density at radius 1 is 1.03 bits per heavy atom. The fourth-order valence-corrected chi connectivity index (χ4v) is 6.97. The Balaban J connectivity index is 1.81. The van der Waals surface area contributed by atoms with Crippen LogP contribution in [0.15, 0.2) is 59.9 Å². The van der Waals surface area contributed by atoms with Crippen LogP contribution >= 0.6 is 0 Å². The summed E-state index contributed by atoms with van der Waals surface area (Å²) in [5, 5.41) is 3.88. The van der Waals surface area contributed by atoms with E-state index in [-0.39, 0.29) is 5.41 Å². The second-order valence-corrected chi connectivity index (χ2v) is 13.7. The van der Waals surface area contributed by atoms with Crippen molar-refractivity contribution in [2.75, 3.05) is 0 Å². The highest BCUT2D eigenvalue weighted by molar-refractivity contribution is 5.85. The van der Waals surface area contributed by atoms with Gasteiger partial charge in [-0.15, -0.1) is 0 Å². The van der Waals surface area contributed by atoms with Crippen LogP contribution in [-0.2, 0) is 5.41 Å². The molecule has 0 bridgehead atoms. The maximum absolute atomic E-state index is 6.58. The summed E-state index contributed by atoms with van der Waals surface area (Å²) in [7, 11) is 0. The Labute approximate surface area is 238 Å². The molecule has 1 fully saturated rings. The summed E-state index contributed by atoms with van der Waals surface area (Å²) in [5.74, 6) is 1.11. The van der Waals surface area contributed by atoms with Gasteiger partial charge in [0.2, 0.25) is 0 Å². The molecule has 4 rings (SSSR count). The van der Waals surface area contributed by atoms with Crippen molar-refractivity contribution in [3.05, 3.63) is 93.3 Å². The molecule has 3 N–H and O–H groups in total. The minimum atomic E-state index is 0.0977. The second-order valence-electron chi connectivity index (χ2n) is 13.7. The quantitative estimate of drug-likeness (QED) is 0.361. The number of benzene rings is 2. The molecule has 1 saturated carbocycles. The van der Waals surface area contributed by atoms with Gasteiger partial charge >= 0.3 is 0 Å². The molecule has 0 spiro atoms. The molecule has 2 aliphatic carbocycles. The van der Waals surface area contributed by atoms with Crippen molar-refractivity contribution in [1.29, 1.82) is 0 Å². The highest BCUT2D eigenvalue weighted by Gasteiger charge is 2.33. The number of nitrogens with two attached hydrogens (primary N) is 1. The Morgan fingerprint density at radius 2 is 1.64 bits per heavy atom. The number of aryl methyl sites for hydroxylation is 2. The summed E-state index contributed by atoms with van der Waals surface area (Å²) in [5.41, 5.74) is 19.4. The first-order valence-corrected chi connectivity index (χ1v) is 15.2. The molecule has 0 aromatic heterocycles. The predicted molar refractivity (Wildman–Crippen MR) is 170 cm³/mol. The third kappa shape index (κ3) is 6.06. The van der Waals surface area contributed by atoms with Gasteiger partial charge in [-0.2, -0.15) is 0 Å². The molecule has 39 heavy (non-hydrogen) atoms. The van der Waals surface area contributed by atoms with Gasteiger partial charge in [-0.3, -0.25) is 0 Å². The zero-order valence-corrected chi connectivity index (χ0v) is 26.1. The first kappa shape index (κ1) is 29.2. The summed E-state index contributed by atoms with van der Waals surface area (Å²) in [6.45, 7) is 20.7. The van der Waals surface area contributed by atoms with Crippen molar-refractivity contribution in [2.45, 2.75) is 106 Å². The molecule has 0 amide bonds. The average Bonchev–Trinajstić information content (AvgIpc) is 3.29. The summed E-state index contributed by atoms with van der Waals surface area (Å²) >= 11 is 0. The molecule has 1 atom stereocenters. The fraction of sp³-hybridized carbons (Fsp3) is 0.514. The van der Waals surface area contributed by atoms with Gasteiger partial charge in [0, 0.05) is 22.5 Å². The summed E-state index contributed by atoms with van der Waals surface area (Å²) in [6, 6.07) is 13.4. The molecule has 0 aliphatic heterocycles. The summed E-state index contributed by atoms with van der Waals surface area (Å²) in [4.78, 5) is 0. The van der Waals surface area contributed by atoms with E-state index < -0.39 is 0 Å². The van der Waals surface area contributed by atoms with E-state index in [2.05, 4.69) is 109 Å². The average molecular weight is 525 g/mol. The number of rotatable bonds is 8. The van der Waals surface area contributed by atoms with Crippen LogP contribution in [0, 0.1) is 38.0 Å². The van der Waals surface area contributed by atoms with Crippen LogP contribution < -0.4 is 11.1 Å². The van der Waals surface area contributed by atoms with E-state index in [4.69, 9.17) is 5.73 Å². The SMILES string of the molecule is C/C(N)=C(/NC1=CCC(CC2(C)CCCC2)C=C1c1cccc(C(C)(C)C(C)C)c1C)c1c(C)cccc1C. The lowest BCUT2D eigenvalue weighted by Gasteiger charge is -2.34. The number of allylic oxidation sites excluding steroid dienone is 4. The van der Waals surface area contributed by atoms with Crippen LogP contribution in [0.4, 0.5) is 0 Å². The molecule has 2 heteroatoms. The van der Waals surface area contributed by atoms with Crippen LogP contribution in [0.5, 0.6) is 0 Å². The lowest BCUT2D eigenvalue weighted by molar-refractivity contribution is 0.269. The standard InChI is InChI=1S/C37H52N2/c1-24(2)36(7,8)32-17-13-16-30(27(32)5)31-22-29(23-37(9)20-10-11-21-37)18-19-33(31)39-35(28(6)38)34-25(3)14-12-15-26(34)4/h12-17,19,22,24,29,39H,10-11,18,20-21,23,38H2,1-9H3/b35-28-. The lowest BCUT2D eigenvalue weighted by Crippen LogP contribution is -2.26. The van der Waals surface area contributed by atoms with Gasteiger partial charge in [-0.05, 0) is 104 Å². The van der Waals surface area contributed by atoms with Crippen molar-refractivity contribution < 1.29 is 0 Å². The van der Waals surface area contributed by atoms with Crippen LogP contribution in [-0.4, -0.2) is 0 Å². The lowest BCUT2D eigenvalue weighted by atomic mass is 9.71. The van der Waals surface area contributed by atoms with Gasteiger partial charge < -0.3 is 11.1 Å². The van der Waals surface area contributed by atoms with Crippen molar-refractivity contribution in [1.82, 2.24) is 5.32 Å².